The van der Waals surface area contributed by atoms with E-state index in [0.717, 1.165) is 17.3 Å². The van der Waals surface area contributed by atoms with Crippen LogP contribution < -0.4 is 10.6 Å². The number of carbonyl (C=O) groups is 1. The van der Waals surface area contributed by atoms with Gasteiger partial charge in [0.15, 0.2) is 0 Å². The summed E-state index contributed by atoms with van der Waals surface area (Å²) in [5.41, 5.74) is 0.334. The van der Waals surface area contributed by atoms with Crippen molar-refractivity contribution in [3.63, 3.8) is 0 Å². The Morgan fingerprint density at radius 1 is 1.30 bits per heavy atom. The maximum absolute atomic E-state index is 12.2. The Labute approximate surface area is 132 Å². The Morgan fingerprint density at radius 2 is 1.95 bits per heavy atom. The third-order valence-electron chi connectivity index (χ3n) is 4.01. The highest BCUT2D eigenvalue weighted by molar-refractivity contribution is 9.10. The molecular weight excluding hydrogens is 344 g/mol. The van der Waals surface area contributed by atoms with Crippen molar-refractivity contribution in [3.05, 3.63) is 28.2 Å². The monoisotopic (exact) mass is 360 g/mol. The summed E-state index contributed by atoms with van der Waals surface area (Å²) in [7, 11) is 0. The van der Waals surface area contributed by atoms with E-state index in [1.807, 2.05) is 0 Å². The summed E-state index contributed by atoms with van der Waals surface area (Å²) in [6.45, 7) is 0. The summed E-state index contributed by atoms with van der Waals surface area (Å²) in [5.74, 6) is -0.164. The molecule has 1 aromatic carbocycles. The molecule has 3 rings (SSSR count). The lowest BCUT2D eigenvalue weighted by Crippen LogP contribution is -2.48. The van der Waals surface area contributed by atoms with Gasteiger partial charge in [-0.15, -0.1) is 12.4 Å². The minimum atomic E-state index is -0.190. The number of nitrogens with one attached hydrogen (secondary N) is 2. The molecule has 2 fully saturated rings. The van der Waals surface area contributed by atoms with Crippen LogP contribution in [0.1, 0.15) is 36.0 Å². The van der Waals surface area contributed by atoms with E-state index in [1.54, 1.807) is 12.1 Å². The number of benzene rings is 1. The average molecular weight is 362 g/mol. The van der Waals surface area contributed by atoms with Crippen LogP contribution in [0.5, 0.6) is 5.75 Å². The van der Waals surface area contributed by atoms with Gasteiger partial charge in [-0.2, -0.15) is 0 Å². The second-order valence-corrected chi connectivity index (χ2v) is 6.36. The van der Waals surface area contributed by atoms with Gasteiger partial charge in [-0.1, -0.05) is 15.9 Å². The van der Waals surface area contributed by atoms with Gasteiger partial charge < -0.3 is 15.7 Å². The summed E-state index contributed by atoms with van der Waals surface area (Å²) in [6.07, 6.45) is 4.38. The third-order valence-corrected chi connectivity index (χ3v) is 4.50. The minimum absolute atomic E-state index is 0. The van der Waals surface area contributed by atoms with Crippen LogP contribution in [0.25, 0.3) is 0 Å². The highest BCUT2D eigenvalue weighted by Gasteiger charge is 2.34. The predicted molar refractivity (Wildman–Crippen MR) is 83.5 cm³/mol. The Kier molecular flexibility index (Phi) is 4.94. The van der Waals surface area contributed by atoms with Gasteiger partial charge in [0.05, 0.1) is 5.56 Å². The molecule has 1 amide bonds. The predicted octanol–water partition coefficient (Wildman–Crippen LogP) is 2.59. The fourth-order valence-corrected chi connectivity index (χ4v) is 3.49. The Bertz CT molecular complexity index is 500. The first-order valence-electron chi connectivity index (χ1n) is 6.67. The fraction of sp³-hybridized carbons (Fsp3) is 0.500. The average Bonchev–Trinajstić information content (AvgIpc) is 2.71. The van der Waals surface area contributed by atoms with Gasteiger partial charge in [-0.3, -0.25) is 4.79 Å². The molecule has 110 valence electrons. The number of rotatable bonds is 2. The van der Waals surface area contributed by atoms with Crippen LogP contribution in [0.15, 0.2) is 22.7 Å². The number of aromatic hydroxyl groups is 1. The van der Waals surface area contributed by atoms with Crippen LogP contribution >= 0.6 is 28.3 Å². The maximum Gasteiger partial charge on any atom is 0.255 e. The first-order valence-corrected chi connectivity index (χ1v) is 7.46. The maximum atomic E-state index is 12.2. The molecule has 0 saturated carbocycles. The van der Waals surface area contributed by atoms with Crippen LogP contribution in [-0.2, 0) is 0 Å². The quantitative estimate of drug-likeness (QED) is 0.759. The van der Waals surface area contributed by atoms with Crippen molar-refractivity contribution < 1.29 is 9.90 Å². The van der Waals surface area contributed by atoms with Crippen LogP contribution in [0, 0.1) is 0 Å². The number of piperidine rings is 1. The first-order chi connectivity index (χ1) is 9.11. The topological polar surface area (TPSA) is 61.4 Å². The molecule has 2 aliphatic heterocycles. The molecule has 2 saturated heterocycles. The van der Waals surface area contributed by atoms with Crippen LogP contribution in [0.2, 0.25) is 0 Å². The number of amides is 1. The van der Waals surface area contributed by atoms with E-state index in [9.17, 15) is 9.90 Å². The van der Waals surface area contributed by atoms with Crippen molar-refractivity contribution in [3.8, 4) is 5.75 Å². The Balaban J connectivity index is 0.00000147. The molecule has 0 radical (unpaired) electrons. The van der Waals surface area contributed by atoms with Gasteiger partial charge >= 0.3 is 0 Å². The molecule has 4 nitrogen and oxygen atoms in total. The molecule has 6 heteroatoms. The van der Waals surface area contributed by atoms with Crippen LogP contribution in [0.3, 0.4) is 0 Å². The zero-order chi connectivity index (χ0) is 13.4. The highest BCUT2D eigenvalue weighted by atomic mass is 79.9. The molecule has 2 unspecified atom stereocenters. The van der Waals surface area contributed by atoms with Gasteiger partial charge in [0.1, 0.15) is 5.75 Å². The second kappa shape index (κ2) is 6.33. The molecule has 2 heterocycles. The van der Waals surface area contributed by atoms with Gasteiger partial charge in [-0.25, -0.2) is 0 Å². The summed E-state index contributed by atoms with van der Waals surface area (Å²) in [5, 5.41) is 16.3. The molecule has 0 aliphatic carbocycles. The zero-order valence-corrected chi connectivity index (χ0v) is 13.3. The number of hydrogen-bond acceptors (Lipinski definition) is 3. The minimum Gasteiger partial charge on any atom is -0.507 e. The number of carbonyl (C=O) groups excluding carboxylic acids is 1. The van der Waals surface area contributed by atoms with E-state index >= 15 is 0 Å². The van der Waals surface area contributed by atoms with Crippen LogP contribution in [0.4, 0.5) is 0 Å². The SMILES string of the molecule is Cl.O=C(NC1CC2CCC(C1)N2)c1cc(Br)ccc1O. The van der Waals surface area contributed by atoms with Crippen molar-refractivity contribution in [1.82, 2.24) is 10.6 Å². The number of phenolic OH excluding ortho intramolecular Hbond substituents is 1. The molecule has 2 atom stereocenters. The Morgan fingerprint density at radius 3 is 2.60 bits per heavy atom. The normalized spacial score (nSPS) is 27.8. The summed E-state index contributed by atoms with van der Waals surface area (Å²) >= 11 is 3.32. The molecule has 2 bridgehead atoms. The number of hydrogen-bond donors (Lipinski definition) is 3. The summed E-state index contributed by atoms with van der Waals surface area (Å²) in [6, 6.07) is 6.20. The van der Waals surface area contributed by atoms with E-state index in [-0.39, 0.29) is 30.1 Å². The van der Waals surface area contributed by atoms with Gasteiger partial charge in [-0.05, 0) is 43.9 Å². The standard InChI is InChI=1S/C14H17BrN2O2.ClH/c15-8-1-4-13(18)12(5-8)14(19)17-11-6-9-2-3-10(7-11)16-9;/h1,4-5,9-11,16,18H,2-3,6-7H2,(H,17,19);1H. The lowest BCUT2D eigenvalue weighted by Gasteiger charge is -2.29. The van der Waals surface area contributed by atoms with Crippen molar-refractivity contribution >= 4 is 34.2 Å². The molecule has 20 heavy (non-hydrogen) atoms. The molecule has 2 aliphatic rings. The lowest BCUT2D eigenvalue weighted by molar-refractivity contribution is 0.0921. The van der Waals surface area contributed by atoms with Crippen molar-refractivity contribution in [2.45, 2.75) is 43.8 Å². The van der Waals surface area contributed by atoms with Crippen molar-refractivity contribution in [2.24, 2.45) is 0 Å². The van der Waals surface area contributed by atoms with E-state index < -0.39 is 0 Å². The molecule has 0 spiro atoms. The number of halogens is 2. The highest BCUT2D eigenvalue weighted by Crippen LogP contribution is 2.28. The molecule has 3 N–H and O–H groups in total. The van der Waals surface area contributed by atoms with Gasteiger partial charge in [0, 0.05) is 22.6 Å². The van der Waals surface area contributed by atoms with Gasteiger partial charge in [0.25, 0.3) is 5.91 Å². The number of fused-ring (bicyclic) bond motifs is 2. The molecule has 1 aromatic rings. The third kappa shape index (κ3) is 3.27. The van der Waals surface area contributed by atoms with E-state index in [1.165, 1.54) is 18.9 Å². The van der Waals surface area contributed by atoms with E-state index in [4.69, 9.17) is 0 Å². The second-order valence-electron chi connectivity index (χ2n) is 5.44. The smallest absolute Gasteiger partial charge is 0.255 e. The first kappa shape index (κ1) is 15.6. The fourth-order valence-electron chi connectivity index (χ4n) is 3.13. The summed E-state index contributed by atoms with van der Waals surface area (Å²) in [4.78, 5) is 12.2. The van der Waals surface area contributed by atoms with Crippen molar-refractivity contribution in [2.75, 3.05) is 0 Å². The van der Waals surface area contributed by atoms with Crippen molar-refractivity contribution in [1.29, 1.82) is 0 Å². The largest absolute Gasteiger partial charge is 0.507 e. The number of phenols is 1. The molecule has 0 aromatic heterocycles. The molecular formula is C14H18BrClN2O2. The Hall–Kier alpha value is -0.780. The summed E-state index contributed by atoms with van der Waals surface area (Å²) < 4.78 is 0.792. The van der Waals surface area contributed by atoms with E-state index in [0.29, 0.717) is 17.6 Å². The zero-order valence-electron chi connectivity index (χ0n) is 10.9. The van der Waals surface area contributed by atoms with E-state index in [2.05, 4.69) is 26.6 Å². The van der Waals surface area contributed by atoms with Gasteiger partial charge in [0.2, 0.25) is 0 Å². The van der Waals surface area contributed by atoms with Crippen LogP contribution in [-0.4, -0.2) is 29.1 Å². The lowest BCUT2D eigenvalue weighted by atomic mass is 9.99.